The third kappa shape index (κ3) is 3.81. The molecule has 0 radical (unpaired) electrons. The number of aryl methyl sites for hydroxylation is 2. The number of benzene rings is 4. The summed E-state index contributed by atoms with van der Waals surface area (Å²) in [6.07, 6.45) is 5.44. The first-order valence-electron chi connectivity index (χ1n) is 14.3. The standard InChI is InChI=1S/C38H41N/c1-11-12-26-14-17-29-31-20-27(38(8,9)10)15-18-32(31)39-35-23(3)28-16-13-25(21-37(5,6)7)19-30(28)22(2)33(35)24(4)34(26)36(29)39/h11-20H,4,21H2,1-3,5-10H3/b12-11-. The Balaban J connectivity index is 1.88. The summed E-state index contributed by atoms with van der Waals surface area (Å²) in [5.41, 5.74) is 10.8. The largest absolute Gasteiger partial charge is 0.308 e. The van der Waals surface area contributed by atoms with E-state index in [4.69, 9.17) is 6.58 Å². The Labute approximate surface area is 232 Å². The molecule has 4 aromatic carbocycles. The van der Waals surface area contributed by atoms with Crippen molar-refractivity contribution >= 4 is 61.5 Å². The predicted octanol–water partition coefficient (Wildman–Crippen LogP) is 10.2. The van der Waals surface area contributed by atoms with Crippen LogP contribution in [0.3, 0.4) is 0 Å². The highest BCUT2D eigenvalue weighted by Crippen LogP contribution is 2.41. The molecule has 0 N–H and O–H groups in total. The molecule has 0 aliphatic rings. The molecular weight excluding hydrogens is 470 g/mol. The Morgan fingerprint density at radius 3 is 2.13 bits per heavy atom. The molecule has 1 heteroatoms. The van der Waals surface area contributed by atoms with Gasteiger partial charge in [0.25, 0.3) is 0 Å². The van der Waals surface area contributed by atoms with E-state index in [1.165, 1.54) is 76.7 Å². The molecule has 0 aliphatic heterocycles. The van der Waals surface area contributed by atoms with Gasteiger partial charge in [0.05, 0.1) is 16.6 Å². The molecule has 0 amide bonds. The van der Waals surface area contributed by atoms with Crippen LogP contribution in [0.15, 0.2) is 54.6 Å². The SMILES string of the molecule is C=c1c2c(C)c3cc(CC(C)(C)C)ccc3c(C)c2n2c3ccc(C(C)(C)C)cc3c3ccc(/C=C\C)c1c32. The van der Waals surface area contributed by atoms with Gasteiger partial charge < -0.3 is 4.40 Å². The van der Waals surface area contributed by atoms with Crippen LogP contribution in [0.4, 0.5) is 0 Å². The molecule has 6 rings (SSSR count). The first-order chi connectivity index (χ1) is 18.3. The van der Waals surface area contributed by atoms with Gasteiger partial charge in [-0.05, 0) is 94.0 Å². The van der Waals surface area contributed by atoms with Crippen LogP contribution in [0.25, 0.3) is 61.5 Å². The van der Waals surface area contributed by atoms with Crippen molar-refractivity contribution in [1.29, 1.82) is 0 Å². The smallest absolute Gasteiger partial charge is 0.0625 e. The first-order valence-corrected chi connectivity index (χ1v) is 14.3. The van der Waals surface area contributed by atoms with Crippen molar-refractivity contribution in [3.8, 4) is 0 Å². The van der Waals surface area contributed by atoms with Gasteiger partial charge in [-0.1, -0.05) is 96.7 Å². The number of allylic oxidation sites excluding steroid dienone is 1. The van der Waals surface area contributed by atoms with E-state index in [-0.39, 0.29) is 10.8 Å². The molecule has 0 saturated carbocycles. The number of fused-ring (bicyclic) bond motifs is 6. The number of hydrogen-bond acceptors (Lipinski definition) is 0. The van der Waals surface area contributed by atoms with E-state index in [0.717, 1.165) is 11.6 Å². The summed E-state index contributed by atoms with van der Waals surface area (Å²) in [6, 6.07) is 18.8. The Morgan fingerprint density at radius 2 is 1.46 bits per heavy atom. The Morgan fingerprint density at radius 1 is 0.744 bits per heavy atom. The van der Waals surface area contributed by atoms with E-state index < -0.39 is 0 Å². The molecule has 0 aliphatic carbocycles. The fraction of sp³-hybridized carbons (Fsp3) is 0.316. The van der Waals surface area contributed by atoms with E-state index in [2.05, 4.69) is 127 Å². The van der Waals surface area contributed by atoms with Crippen LogP contribution in [-0.4, -0.2) is 4.40 Å². The highest BCUT2D eigenvalue weighted by atomic mass is 14.9. The summed E-state index contributed by atoms with van der Waals surface area (Å²) < 4.78 is 2.55. The summed E-state index contributed by atoms with van der Waals surface area (Å²) in [7, 11) is 0. The lowest BCUT2D eigenvalue weighted by Crippen LogP contribution is -2.12. The van der Waals surface area contributed by atoms with Crippen molar-refractivity contribution in [1.82, 2.24) is 4.40 Å². The highest BCUT2D eigenvalue weighted by molar-refractivity contribution is 6.21. The van der Waals surface area contributed by atoms with Gasteiger partial charge in [0.15, 0.2) is 0 Å². The fourth-order valence-corrected chi connectivity index (χ4v) is 6.81. The topological polar surface area (TPSA) is 4.41 Å². The average molecular weight is 512 g/mol. The molecule has 0 atom stereocenters. The fourth-order valence-electron chi connectivity index (χ4n) is 6.81. The van der Waals surface area contributed by atoms with Crippen molar-refractivity contribution in [2.24, 2.45) is 5.41 Å². The van der Waals surface area contributed by atoms with Crippen LogP contribution in [0, 0.1) is 19.3 Å². The molecule has 0 saturated heterocycles. The zero-order valence-corrected chi connectivity index (χ0v) is 25.1. The van der Waals surface area contributed by atoms with Gasteiger partial charge in [0.1, 0.15) is 0 Å². The maximum Gasteiger partial charge on any atom is 0.0625 e. The van der Waals surface area contributed by atoms with Crippen LogP contribution in [0.5, 0.6) is 0 Å². The number of pyridine rings is 1. The molecule has 0 bridgehead atoms. The van der Waals surface area contributed by atoms with Gasteiger partial charge in [-0.2, -0.15) is 0 Å². The third-order valence-corrected chi connectivity index (χ3v) is 8.59. The van der Waals surface area contributed by atoms with Crippen LogP contribution in [0.2, 0.25) is 0 Å². The number of rotatable bonds is 2. The first kappa shape index (κ1) is 25.7. The van der Waals surface area contributed by atoms with Crippen LogP contribution < -0.4 is 5.22 Å². The van der Waals surface area contributed by atoms with E-state index in [9.17, 15) is 0 Å². The van der Waals surface area contributed by atoms with E-state index in [1.54, 1.807) is 0 Å². The van der Waals surface area contributed by atoms with E-state index >= 15 is 0 Å². The van der Waals surface area contributed by atoms with Gasteiger partial charge in [-0.25, -0.2) is 0 Å². The summed E-state index contributed by atoms with van der Waals surface area (Å²) >= 11 is 0. The molecule has 0 fully saturated rings. The quantitative estimate of drug-likeness (QED) is 0.204. The summed E-state index contributed by atoms with van der Waals surface area (Å²) in [6.45, 7) is 25.3. The third-order valence-electron chi connectivity index (χ3n) is 8.59. The molecule has 0 spiro atoms. The molecule has 2 heterocycles. The van der Waals surface area contributed by atoms with Crippen molar-refractivity contribution in [2.75, 3.05) is 0 Å². The number of hydrogen-bond donors (Lipinski definition) is 0. The Bertz CT molecular complexity index is 2030. The molecule has 6 aromatic rings. The van der Waals surface area contributed by atoms with Gasteiger partial charge in [-0.3, -0.25) is 0 Å². The summed E-state index contributed by atoms with van der Waals surface area (Å²) in [4.78, 5) is 0. The van der Waals surface area contributed by atoms with E-state index in [0.29, 0.717) is 0 Å². The molecule has 39 heavy (non-hydrogen) atoms. The minimum atomic E-state index is 0.0888. The van der Waals surface area contributed by atoms with Gasteiger partial charge in [0.2, 0.25) is 0 Å². The van der Waals surface area contributed by atoms with Crippen molar-refractivity contribution in [2.45, 2.75) is 74.1 Å². The molecule has 1 nitrogen and oxygen atoms in total. The lowest BCUT2D eigenvalue weighted by molar-refractivity contribution is 0.411. The van der Waals surface area contributed by atoms with Crippen molar-refractivity contribution in [3.05, 3.63) is 87.6 Å². The predicted molar refractivity (Wildman–Crippen MR) is 174 cm³/mol. The summed E-state index contributed by atoms with van der Waals surface area (Å²) in [5, 5.41) is 9.01. The Kier molecular flexibility index (Phi) is 5.57. The zero-order valence-electron chi connectivity index (χ0n) is 25.1. The van der Waals surface area contributed by atoms with Gasteiger partial charge >= 0.3 is 0 Å². The van der Waals surface area contributed by atoms with Crippen LogP contribution in [0.1, 0.15) is 76.3 Å². The minimum Gasteiger partial charge on any atom is -0.308 e. The second kappa shape index (κ2) is 8.46. The van der Waals surface area contributed by atoms with E-state index in [1.807, 2.05) is 0 Å². The monoisotopic (exact) mass is 511 g/mol. The van der Waals surface area contributed by atoms with Gasteiger partial charge in [-0.15, -0.1) is 0 Å². The average Bonchev–Trinajstić information content (AvgIpc) is 3.18. The molecule has 198 valence electrons. The lowest BCUT2D eigenvalue weighted by atomic mass is 9.86. The van der Waals surface area contributed by atoms with Gasteiger partial charge in [0, 0.05) is 21.5 Å². The molecule has 0 unspecified atom stereocenters. The highest BCUT2D eigenvalue weighted by Gasteiger charge is 2.23. The minimum absolute atomic E-state index is 0.0888. The molecule has 2 aromatic heterocycles. The van der Waals surface area contributed by atoms with Crippen LogP contribution in [-0.2, 0) is 11.8 Å². The second-order valence-corrected chi connectivity index (χ2v) is 13.8. The second-order valence-electron chi connectivity index (χ2n) is 13.8. The molecular formula is C38H41N. The number of aromatic nitrogens is 1. The summed E-state index contributed by atoms with van der Waals surface area (Å²) in [5.74, 6) is 0. The number of nitrogens with zero attached hydrogens (tertiary/aromatic N) is 1. The van der Waals surface area contributed by atoms with Crippen molar-refractivity contribution < 1.29 is 0 Å². The zero-order chi connectivity index (χ0) is 28.0. The van der Waals surface area contributed by atoms with Crippen LogP contribution >= 0.6 is 0 Å². The maximum atomic E-state index is 4.79. The van der Waals surface area contributed by atoms with Crippen molar-refractivity contribution in [3.63, 3.8) is 0 Å². The maximum absolute atomic E-state index is 4.79. The normalized spacial score (nSPS) is 13.4. The Hall–Kier alpha value is -3.58. The lowest BCUT2D eigenvalue weighted by Gasteiger charge is -2.21.